The molecule has 1 rings (SSSR count). The molecule has 23 heavy (non-hydrogen) atoms. The minimum Gasteiger partial charge on any atom is -0.463 e. The number of carbonyl (C=O) groups is 2. The zero-order chi connectivity index (χ0) is 17.4. The molecular weight excluding hydrogens is 304 g/mol. The molecule has 0 spiro atoms. The van der Waals surface area contributed by atoms with E-state index in [0.717, 1.165) is 6.42 Å². The molecule has 0 radical (unpaired) electrons. The first-order chi connectivity index (χ1) is 10.9. The maximum Gasteiger partial charge on any atom is 0.303 e. The van der Waals surface area contributed by atoms with E-state index in [1.165, 1.54) is 13.8 Å². The van der Waals surface area contributed by atoms with E-state index >= 15 is 0 Å². The molecule has 7 heteroatoms. The lowest BCUT2D eigenvalue weighted by molar-refractivity contribution is -0.273. The van der Waals surface area contributed by atoms with Crippen molar-refractivity contribution in [2.24, 2.45) is 11.8 Å². The van der Waals surface area contributed by atoms with E-state index in [1.54, 1.807) is 0 Å². The summed E-state index contributed by atoms with van der Waals surface area (Å²) in [6.45, 7) is 7.22. The standard InChI is InChI=1S/C16H28O7/c1-10-11(2)16(20-8-6-5-7-17)23-14(9-21-12(3)18)15(10)22-13(4)19/h10-11,14-17H,5-9H2,1-4H3. The number of carbonyl (C=O) groups excluding carboxylic acids is 2. The topological polar surface area (TPSA) is 91.3 Å². The fourth-order valence-electron chi connectivity index (χ4n) is 2.57. The second-order valence-corrected chi connectivity index (χ2v) is 5.94. The average molecular weight is 332 g/mol. The molecule has 0 saturated carbocycles. The Morgan fingerprint density at radius 1 is 1.09 bits per heavy atom. The van der Waals surface area contributed by atoms with E-state index in [4.69, 9.17) is 24.1 Å². The number of aliphatic hydroxyl groups excluding tert-OH is 1. The number of aliphatic hydroxyl groups is 1. The first-order valence-electron chi connectivity index (χ1n) is 8.05. The van der Waals surface area contributed by atoms with Crippen LogP contribution in [0.5, 0.6) is 0 Å². The van der Waals surface area contributed by atoms with Crippen LogP contribution in [0.4, 0.5) is 0 Å². The fourth-order valence-corrected chi connectivity index (χ4v) is 2.57. The molecule has 5 atom stereocenters. The quantitative estimate of drug-likeness (QED) is 0.528. The van der Waals surface area contributed by atoms with Crippen molar-refractivity contribution in [1.29, 1.82) is 0 Å². The smallest absolute Gasteiger partial charge is 0.303 e. The predicted molar refractivity (Wildman–Crippen MR) is 81.4 cm³/mol. The van der Waals surface area contributed by atoms with E-state index in [2.05, 4.69) is 0 Å². The number of hydrogen-bond donors (Lipinski definition) is 1. The van der Waals surface area contributed by atoms with E-state index < -0.39 is 30.4 Å². The second-order valence-electron chi connectivity index (χ2n) is 5.94. The van der Waals surface area contributed by atoms with Crippen LogP contribution in [0.25, 0.3) is 0 Å². The van der Waals surface area contributed by atoms with Crippen molar-refractivity contribution >= 4 is 11.9 Å². The molecule has 1 saturated heterocycles. The van der Waals surface area contributed by atoms with Gasteiger partial charge in [0.25, 0.3) is 0 Å². The van der Waals surface area contributed by atoms with E-state index in [-0.39, 0.29) is 25.0 Å². The average Bonchev–Trinajstić information content (AvgIpc) is 2.48. The van der Waals surface area contributed by atoms with E-state index in [1.807, 2.05) is 13.8 Å². The molecule has 0 aromatic heterocycles. The minimum atomic E-state index is -0.558. The molecular formula is C16H28O7. The van der Waals surface area contributed by atoms with E-state index in [9.17, 15) is 9.59 Å². The molecule has 1 aliphatic rings. The highest BCUT2D eigenvalue weighted by Gasteiger charge is 2.44. The summed E-state index contributed by atoms with van der Waals surface area (Å²) in [5.74, 6) is -0.798. The van der Waals surface area contributed by atoms with E-state index in [0.29, 0.717) is 13.0 Å². The number of hydrogen-bond acceptors (Lipinski definition) is 7. The van der Waals surface area contributed by atoms with Crippen molar-refractivity contribution < 1.29 is 33.6 Å². The summed E-state index contributed by atoms with van der Waals surface area (Å²) >= 11 is 0. The van der Waals surface area contributed by atoms with Gasteiger partial charge in [0.05, 0.1) is 0 Å². The molecule has 0 aromatic carbocycles. The van der Waals surface area contributed by atoms with Crippen LogP contribution < -0.4 is 0 Å². The highest BCUT2D eigenvalue weighted by molar-refractivity contribution is 5.66. The van der Waals surface area contributed by atoms with Crippen molar-refractivity contribution in [2.75, 3.05) is 19.8 Å². The maximum absolute atomic E-state index is 11.3. The summed E-state index contributed by atoms with van der Waals surface area (Å²) in [6, 6.07) is 0. The Hall–Kier alpha value is -1.18. The van der Waals surface area contributed by atoms with Gasteiger partial charge >= 0.3 is 11.9 Å². The Bertz CT molecular complexity index is 385. The Morgan fingerprint density at radius 3 is 2.35 bits per heavy atom. The van der Waals surface area contributed by atoms with Gasteiger partial charge in [0, 0.05) is 38.9 Å². The minimum absolute atomic E-state index is 0.00366. The lowest BCUT2D eigenvalue weighted by Gasteiger charge is -2.43. The van der Waals surface area contributed by atoms with Crippen LogP contribution >= 0.6 is 0 Å². The van der Waals surface area contributed by atoms with Gasteiger partial charge in [-0.1, -0.05) is 13.8 Å². The molecule has 5 unspecified atom stereocenters. The summed E-state index contributed by atoms with van der Waals surface area (Å²) in [4.78, 5) is 22.4. The van der Waals surface area contributed by atoms with Gasteiger partial charge in [0.15, 0.2) is 6.29 Å². The van der Waals surface area contributed by atoms with Crippen LogP contribution in [0.15, 0.2) is 0 Å². The summed E-state index contributed by atoms with van der Waals surface area (Å²) in [5, 5.41) is 8.80. The molecule has 1 heterocycles. The molecule has 1 N–H and O–H groups in total. The zero-order valence-electron chi connectivity index (χ0n) is 14.3. The Labute approximate surface area is 137 Å². The number of esters is 2. The summed E-state index contributed by atoms with van der Waals surface area (Å²) in [7, 11) is 0. The Balaban J connectivity index is 2.70. The number of unbranched alkanes of at least 4 members (excludes halogenated alkanes) is 1. The van der Waals surface area contributed by atoms with Gasteiger partial charge in [-0.25, -0.2) is 0 Å². The molecule has 0 bridgehead atoms. The van der Waals surface area contributed by atoms with Gasteiger partial charge in [-0.15, -0.1) is 0 Å². The largest absolute Gasteiger partial charge is 0.463 e. The van der Waals surface area contributed by atoms with Crippen LogP contribution in [-0.4, -0.2) is 55.4 Å². The first kappa shape index (κ1) is 19.9. The van der Waals surface area contributed by atoms with Gasteiger partial charge in [-0.05, 0) is 12.8 Å². The predicted octanol–water partition coefficient (Wildman–Crippen LogP) is 1.27. The van der Waals surface area contributed by atoms with Crippen LogP contribution in [-0.2, 0) is 28.5 Å². The van der Waals surface area contributed by atoms with Crippen LogP contribution in [0.3, 0.4) is 0 Å². The monoisotopic (exact) mass is 332 g/mol. The van der Waals surface area contributed by atoms with Gasteiger partial charge < -0.3 is 24.1 Å². The summed E-state index contributed by atoms with van der Waals surface area (Å²) < 4.78 is 22.0. The zero-order valence-corrected chi connectivity index (χ0v) is 14.3. The third kappa shape index (κ3) is 6.45. The SMILES string of the molecule is CC(=O)OCC1OC(OCCCCO)C(C)C(C)C1OC(C)=O. The van der Waals surface area contributed by atoms with Gasteiger partial charge in [0.2, 0.25) is 0 Å². The van der Waals surface area contributed by atoms with Crippen LogP contribution in [0.1, 0.15) is 40.5 Å². The molecule has 1 fully saturated rings. The molecule has 1 aliphatic heterocycles. The molecule has 0 aliphatic carbocycles. The van der Waals surface area contributed by atoms with Crippen molar-refractivity contribution in [1.82, 2.24) is 0 Å². The van der Waals surface area contributed by atoms with Gasteiger partial charge in [-0.2, -0.15) is 0 Å². The second kappa shape index (κ2) is 9.85. The van der Waals surface area contributed by atoms with Crippen LogP contribution in [0.2, 0.25) is 0 Å². The Morgan fingerprint density at radius 2 is 1.78 bits per heavy atom. The number of rotatable bonds is 8. The lowest BCUT2D eigenvalue weighted by Crippen LogP contribution is -2.53. The first-order valence-corrected chi connectivity index (χ1v) is 8.05. The molecule has 0 aromatic rings. The van der Waals surface area contributed by atoms with Gasteiger partial charge in [-0.3, -0.25) is 9.59 Å². The molecule has 7 nitrogen and oxygen atoms in total. The molecule has 0 amide bonds. The maximum atomic E-state index is 11.3. The summed E-state index contributed by atoms with van der Waals surface area (Å²) in [5.41, 5.74) is 0. The van der Waals surface area contributed by atoms with Crippen molar-refractivity contribution in [3.63, 3.8) is 0 Å². The highest BCUT2D eigenvalue weighted by Crippen LogP contribution is 2.33. The third-order valence-corrected chi connectivity index (χ3v) is 4.04. The van der Waals surface area contributed by atoms with Gasteiger partial charge in [0.1, 0.15) is 18.8 Å². The lowest BCUT2D eigenvalue weighted by atomic mass is 9.84. The third-order valence-electron chi connectivity index (χ3n) is 4.04. The van der Waals surface area contributed by atoms with Crippen LogP contribution in [0, 0.1) is 11.8 Å². The molecule has 134 valence electrons. The highest BCUT2D eigenvalue weighted by atomic mass is 16.7. The van der Waals surface area contributed by atoms with Crippen molar-refractivity contribution in [3.05, 3.63) is 0 Å². The number of ether oxygens (including phenoxy) is 4. The normalized spacial score (nSPS) is 30.7. The van der Waals surface area contributed by atoms with Crippen molar-refractivity contribution in [3.8, 4) is 0 Å². The summed E-state index contributed by atoms with van der Waals surface area (Å²) in [6.07, 6.45) is -0.102. The Kier molecular flexibility index (Phi) is 8.51. The van der Waals surface area contributed by atoms with Crippen molar-refractivity contribution in [2.45, 2.75) is 59.0 Å². The fraction of sp³-hybridized carbons (Fsp3) is 0.875.